The van der Waals surface area contributed by atoms with E-state index in [0.29, 0.717) is 0 Å². The smallest absolute Gasteiger partial charge is 0.118 e. The second-order valence-corrected chi connectivity index (χ2v) is 6.69. The van der Waals surface area contributed by atoms with E-state index in [4.69, 9.17) is 21.3 Å². The van der Waals surface area contributed by atoms with E-state index < -0.39 is 0 Å². The van der Waals surface area contributed by atoms with Gasteiger partial charge in [0.15, 0.2) is 0 Å². The van der Waals surface area contributed by atoms with E-state index in [1.54, 1.807) is 7.11 Å². The summed E-state index contributed by atoms with van der Waals surface area (Å²) in [4.78, 5) is 4.87. The molecule has 0 atom stereocenters. The lowest BCUT2D eigenvalue weighted by molar-refractivity contribution is 0.414. The number of benzene rings is 3. The van der Waals surface area contributed by atoms with E-state index in [0.717, 1.165) is 40.6 Å². The lowest BCUT2D eigenvalue weighted by Crippen LogP contribution is -2.06. The van der Waals surface area contributed by atoms with Crippen LogP contribution in [0, 0.1) is 0 Å². The van der Waals surface area contributed by atoms with Gasteiger partial charge >= 0.3 is 0 Å². The lowest BCUT2D eigenvalue weighted by atomic mass is 10.1. The highest BCUT2D eigenvalue weighted by Gasteiger charge is 2.11. The molecule has 0 amide bonds. The van der Waals surface area contributed by atoms with Crippen molar-refractivity contribution < 1.29 is 4.74 Å². The molecule has 4 aromatic rings. The Morgan fingerprint density at radius 1 is 0.885 bits per heavy atom. The first kappa shape index (κ1) is 16.7. The molecule has 0 radical (unpaired) electrons. The molecule has 0 aliphatic heterocycles. The Bertz CT molecular complexity index is 1020. The van der Waals surface area contributed by atoms with E-state index in [2.05, 4.69) is 47.0 Å². The number of halogens is 1. The summed E-state index contributed by atoms with van der Waals surface area (Å²) in [5, 5.41) is 0.752. The summed E-state index contributed by atoms with van der Waals surface area (Å²) in [6.45, 7) is 0.767. The molecular formula is C22H19ClN2O. The molecule has 0 bridgehead atoms. The number of fused-ring (bicyclic) bond motifs is 1. The number of nitrogens with zero attached hydrogens (tertiary/aromatic N) is 2. The number of hydrogen-bond donors (Lipinski definition) is 0. The molecule has 4 rings (SSSR count). The Labute approximate surface area is 157 Å². The Morgan fingerprint density at radius 3 is 2.31 bits per heavy atom. The van der Waals surface area contributed by atoms with Gasteiger partial charge in [-0.15, -0.1) is 0 Å². The van der Waals surface area contributed by atoms with Gasteiger partial charge in [0.05, 0.1) is 18.1 Å². The second kappa shape index (κ2) is 7.22. The van der Waals surface area contributed by atoms with Crippen LogP contribution in [0.5, 0.6) is 5.75 Å². The average Bonchev–Trinajstić information content (AvgIpc) is 3.01. The standard InChI is InChI=1S/C22H19ClN2O/c1-26-19-12-8-16(9-13-19)14-22-24-20-4-2-3-5-21(20)25(22)15-17-6-10-18(23)11-7-17/h2-13H,14-15H2,1H3. The Hall–Kier alpha value is -2.78. The van der Waals surface area contributed by atoms with E-state index in [-0.39, 0.29) is 0 Å². The van der Waals surface area contributed by atoms with Gasteiger partial charge in [0, 0.05) is 18.0 Å². The first-order chi connectivity index (χ1) is 12.7. The van der Waals surface area contributed by atoms with Crippen molar-refractivity contribution in [2.24, 2.45) is 0 Å². The summed E-state index contributed by atoms with van der Waals surface area (Å²) in [7, 11) is 1.68. The van der Waals surface area contributed by atoms with Crippen molar-refractivity contribution in [3.8, 4) is 5.75 Å². The molecule has 0 fully saturated rings. The summed E-state index contributed by atoms with van der Waals surface area (Å²) in [5.74, 6) is 1.91. The summed E-state index contributed by atoms with van der Waals surface area (Å²) in [6.07, 6.45) is 0.770. The number of imidazole rings is 1. The second-order valence-electron chi connectivity index (χ2n) is 6.25. The van der Waals surface area contributed by atoms with E-state index in [1.165, 1.54) is 11.1 Å². The zero-order valence-electron chi connectivity index (χ0n) is 14.5. The number of rotatable bonds is 5. The number of hydrogen-bond acceptors (Lipinski definition) is 2. The molecule has 26 heavy (non-hydrogen) atoms. The van der Waals surface area contributed by atoms with Crippen molar-refractivity contribution in [1.82, 2.24) is 9.55 Å². The molecule has 0 saturated heterocycles. The molecule has 0 saturated carbocycles. The van der Waals surface area contributed by atoms with Crippen molar-refractivity contribution in [3.05, 3.63) is 94.8 Å². The minimum absolute atomic E-state index is 0.752. The zero-order chi connectivity index (χ0) is 17.9. The van der Waals surface area contributed by atoms with E-state index in [1.807, 2.05) is 30.3 Å². The van der Waals surface area contributed by atoms with Gasteiger partial charge in [-0.05, 0) is 47.5 Å². The molecule has 130 valence electrons. The first-order valence-electron chi connectivity index (χ1n) is 8.54. The molecule has 0 spiro atoms. The van der Waals surface area contributed by atoms with Gasteiger partial charge in [0.1, 0.15) is 11.6 Å². The Kier molecular flexibility index (Phi) is 4.63. The number of ether oxygens (including phenoxy) is 1. The maximum absolute atomic E-state index is 6.02. The summed E-state index contributed by atoms with van der Waals surface area (Å²) in [6, 6.07) is 24.4. The topological polar surface area (TPSA) is 27.1 Å². The fourth-order valence-corrected chi connectivity index (χ4v) is 3.26. The fourth-order valence-electron chi connectivity index (χ4n) is 3.14. The lowest BCUT2D eigenvalue weighted by Gasteiger charge is -2.10. The first-order valence-corrected chi connectivity index (χ1v) is 8.92. The molecule has 0 unspecified atom stereocenters. The minimum Gasteiger partial charge on any atom is -0.497 e. The van der Waals surface area contributed by atoms with E-state index >= 15 is 0 Å². The molecular weight excluding hydrogens is 344 g/mol. The number of methoxy groups -OCH3 is 1. The molecule has 0 aliphatic rings. The van der Waals surface area contributed by atoms with Crippen LogP contribution in [0.1, 0.15) is 17.0 Å². The largest absolute Gasteiger partial charge is 0.497 e. The van der Waals surface area contributed by atoms with Gasteiger partial charge in [0.2, 0.25) is 0 Å². The third kappa shape index (κ3) is 3.44. The van der Waals surface area contributed by atoms with Gasteiger partial charge in [-0.3, -0.25) is 0 Å². The number of para-hydroxylation sites is 2. The van der Waals surface area contributed by atoms with Gasteiger partial charge in [-0.25, -0.2) is 4.98 Å². The molecule has 1 heterocycles. The quantitative estimate of drug-likeness (QED) is 0.479. The van der Waals surface area contributed by atoms with Gasteiger partial charge in [0.25, 0.3) is 0 Å². The minimum atomic E-state index is 0.752. The molecule has 0 aliphatic carbocycles. The van der Waals surface area contributed by atoms with Crippen LogP contribution in [-0.4, -0.2) is 16.7 Å². The Balaban J connectivity index is 1.71. The van der Waals surface area contributed by atoms with Gasteiger partial charge < -0.3 is 9.30 Å². The molecule has 1 aromatic heterocycles. The maximum Gasteiger partial charge on any atom is 0.118 e. The summed E-state index contributed by atoms with van der Waals surface area (Å²) in [5.41, 5.74) is 4.57. The van der Waals surface area contributed by atoms with Crippen molar-refractivity contribution in [1.29, 1.82) is 0 Å². The highest BCUT2D eigenvalue weighted by Crippen LogP contribution is 2.22. The van der Waals surface area contributed by atoms with Crippen LogP contribution in [0.15, 0.2) is 72.8 Å². The number of aromatic nitrogens is 2. The van der Waals surface area contributed by atoms with Gasteiger partial charge in [-0.1, -0.05) is 48.0 Å². The predicted octanol–water partition coefficient (Wildman–Crippen LogP) is 5.34. The highest BCUT2D eigenvalue weighted by atomic mass is 35.5. The average molecular weight is 363 g/mol. The van der Waals surface area contributed by atoms with Crippen LogP contribution < -0.4 is 4.74 Å². The zero-order valence-corrected chi connectivity index (χ0v) is 15.3. The van der Waals surface area contributed by atoms with E-state index in [9.17, 15) is 0 Å². The van der Waals surface area contributed by atoms with Crippen LogP contribution in [0.2, 0.25) is 5.02 Å². The van der Waals surface area contributed by atoms with Crippen molar-refractivity contribution in [2.75, 3.05) is 7.11 Å². The summed E-state index contributed by atoms with van der Waals surface area (Å²) < 4.78 is 7.53. The fraction of sp³-hybridized carbons (Fsp3) is 0.136. The van der Waals surface area contributed by atoms with Crippen molar-refractivity contribution in [3.63, 3.8) is 0 Å². The third-order valence-corrected chi connectivity index (χ3v) is 4.76. The van der Waals surface area contributed by atoms with Crippen LogP contribution >= 0.6 is 11.6 Å². The van der Waals surface area contributed by atoms with Gasteiger partial charge in [-0.2, -0.15) is 0 Å². The van der Waals surface area contributed by atoms with Crippen molar-refractivity contribution in [2.45, 2.75) is 13.0 Å². The molecule has 3 nitrogen and oxygen atoms in total. The molecule has 3 aromatic carbocycles. The van der Waals surface area contributed by atoms with Crippen molar-refractivity contribution >= 4 is 22.6 Å². The Morgan fingerprint density at radius 2 is 1.58 bits per heavy atom. The van der Waals surface area contributed by atoms with Crippen LogP contribution in [-0.2, 0) is 13.0 Å². The normalized spacial score (nSPS) is 11.0. The monoisotopic (exact) mass is 362 g/mol. The third-order valence-electron chi connectivity index (χ3n) is 4.51. The molecule has 0 N–H and O–H groups in total. The predicted molar refractivity (Wildman–Crippen MR) is 106 cm³/mol. The maximum atomic E-state index is 6.02. The van der Waals surface area contributed by atoms with Crippen LogP contribution in [0.4, 0.5) is 0 Å². The molecule has 4 heteroatoms. The SMILES string of the molecule is COc1ccc(Cc2nc3ccccc3n2Cc2ccc(Cl)cc2)cc1. The highest BCUT2D eigenvalue weighted by molar-refractivity contribution is 6.30. The van der Waals surface area contributed by atoms with Crippen LogP contribution in [0.3, 0.4) is 0 Å². The summed E-state index contributed by atoms with van der Waals surface area (Å²) >= 11 is 6.02. The van der Waals surface area contributed by atoms with Crippen LogP contribution in [0.25, 0.3) is 11.0 Å².